The molecule has 0 spiro atoms. The van der Waals surface area contributed by atoms with Crippen LogP contribution in [0.4, 0.5) is 0 Å². The van der Waals surface area contributed by atoms with Crippen molar-refractivity contribution in [3.8, 4) is 0 Å². The summed E-state index contributed by atoms with van der Waals surface area (Å²) in [7, 11) is 0. The third-order valence-corrected chi connectivity index (χ3v) is 4.17. The highest BCUT2D eigenvalue weighted by Gasteiger charge is 2.48. The smallest absolute Gasteiger partial charge is 0.321 e. The Morgan fingerprint density at radius 1 is 0.850 bits per heavy atom. The summed E-state index contributed by atoms with van der Waals surface area (Å²) in [5.41, 5.74) is -1.62. The predicted molar refractivity (Wildman–Crippen MR) is 79.8 cm³/mol. The SMILES string of the molecule is CCCCCCCCCCC(C(=O)O)(C(=O)O)C(C)C. The zero-order chi connectivity index (χ0) is 15.6. The molecule has 0 heterocycles. The number of hydrogen-bond donors (Lipinski definition) is 2. The molecule has 0 atom stereocenters. The van der Waals surface area contributed by atoms with E-state index in [2.05, 4.69) is 6.92 Å². The first-order valence-electron chi connectivity index (χ1n) is 7.86. The number of carbonyl (C=O) groups is 2. The molecule has 0 aromatic carbocycles. The summed E-state index contributed by atoms with van der Waals surface area (Å²) in [4.78, 5) is 22.7. The van der Waals surface area contributed by atoms with Gasteiger partial charge in [0, 0.05) is 0 Å². The lowest BCUT2D eigenvalue weighted by Gasteiger charge is -2.28. The number of carboxylic acid groups (broad SMARTS) is 2. The topological polar surface area (TPSA) is 74.6 Å². The molecule has 0 rings (SSSR count). The Labute approximate surface area is 122 Å². The molecule has 0 aromatic heterocycles. The fraction of sp³-hybridized carbons (Fsp3) is 0.875. The van der Waals surface area contributed by atoms with Gasteiger partial charge >= 0.3 is 11.9 Å². The largest absolute Gasteiger partial charge is 0.480 e. The number of rotatable bonds is 12. The average Bonchev–Trinajstić information content (AvgIpc) is 2.35. The van der Waals surface area contributed by atoms with Gasteiger partial charge in [-0.3, -0.25) is 9.59 Å². The minimum Gasteiger partial charge on any atom is -0.480 e. The third kappa shape index (κ3) is 5.51. The molecule has 0 bridgehead atoms. The maximum atomic E-state index is 11.4. The summed E-state index contributed by atoms with van der Waals surface area (Å²) < 4.78 is 0. The van der Waals surface area contributed by atoms with Gasteiger partial charge in [0.1, 0.15) is 0 Å². The molecule has 20 heavy (non-hydrogen) atoms. The Hall–Kier alpha value is -1.06. The summed E-state index contributed by atoms with van der Waals surface area (Å²) in [5.74, 6) is -2.81. The van der Waals surface area contributed by atoms with Crippen LogP contribution in [0.25, 0.3) is 0 Å². The van der Waals surface area contributed by atoms with Crippen LogP contribution in [0.1, 0.15) is 78.6 Å². The van der Waals surface area contributed by atoms with Gasteiger partial charge in [0.2, 0.25) is 0 Å². The van der Waals surface area contributed by atoms with Crippen LogP contribution in [0.3, 0.4) is 0 Å². The van der Waals surface area contributed by atoms with Gasteiger partial charge in [0.05, 0.1) is 0 Å². The van der Waals surface area contributed by atoms with Gasteiger partial charge in [-0.05, 0) is 12.3 Å². The molecule has 0 saturated heterocycles. The average molecular weight is 286 g/mol. The van der Waals surface area contributed by atoms with E-state index in [0.717, 1.165) is 19.3 Å². The van der Waals surface area contributed by atoms with Crippen LogP contribution >= 0.6 is 0 Å². The van der Waals surface area contributed by atoms with E-state index in [1.54, 1.807) is 13.8 Å². The second-order valence-corrected chi connectivity index (χ2v) is 5.96. The lowest BCUT2D eigenvalue weighted by atomic mass is 9.73. The Kier molecular flexibility index (Phi) is 9.26. The third-order valence-electron chi connectivity index (χ3n) is 4.17. The zero-order valence-electron chi connectivity index (χ0n) is 13.2. The lowest BCUT2D eigenvalue weighted by molar-refractivity contribution is -0.169. The van der Waals surface area contributed by atoms with Crippen LogP contribution in [-0.2, 0) is 9.59 Å². The highest BCUT2D eigenvalue weighted by atomic mass is 16.4. The van der Waals surface area contributed by atoms with E-state index >= 15 is 0 Å². The second kappa shape index (κ2) is 9.78. The molecule has 118 valence electrons. The normalized spacial score (nSPS) is 11.8. The summed E-state index contributed by atoms with van der Waals surface area (Å²) >= 11 is 0. The molecule has 0 aliphatic carbocycles. The van der Waals surface area contributed by atoms with E-state index in [1.165, 1.54) is 25.7 Å². The highest BCUT2D eigenvalue weighted by molar-refractivity contribution is 5.98. The predicted octanol–water partition coefficient (Wildman–Crippen LogP) is 4.33. The van der Waals surface area contributed by atoms with Crippen LogP contribution in [-0.4, -0.2) is 22.2 Å². The van der Waals surface area contributed by atoms with Crippen molar-refractivity contribution in [3.63, 3.8) is 0 Å². The van der Waals surface area contributed by atoms with Crippen LogP contribution in [0.2, 0.25) is 0 Å². The lowest BCUT2D eigenvalue weighted by Crippen LogP contribution is -2.43. The quantitative estimate of drug-likeness (QED) is 0.413. The summed E-state index contributed by atoms with van der Waals surface area (Å²) in [5, 5.41) is 18.6. The molecule has 0 aliphatic heterocycles. The summed E-state index contributed by atoms with van der Waals surface area (Å²) in [6.45, 7) is 5.53. The van der Waals surface area contributed by atoms with Crippen LogP contribution in [0.15, 0.2) is 0 Å². The molecule has 4 nitrogen and oxygen atoms in total. The van der Waals surface area contributed by atoms with Gasteiger partial charge in [-0.15, -0.1) is 0 Å². The van der Waals surface area contributed by atoms with Crippen molar-refractivity contribution < 1.29 is 19.8 Å². The second-order valence-electron chi connectivity index (χ2n) is 5.96. The van der Waals surface area contributed by atoms with Crippen LogP contribution in [0.5, 0.6) is 0 Å². The maximum Gasteiger partial charge on any atom is 0.321 e. The molecular weight excluding hydrogens is 256 g/mol. The molecular formula is C16H30O4. The minimum atomic E-state index is -1.62. The molecule has 0 fully saturated rings. The van der Waals surface area contributed by atoms with Crippen molar-refractivity contribution in [1.29, 1.82) is 0 Å². The van der Waals surface area contributed by atoms with E-state index in [4.69, 9.17) is 0 Å². The molecule has 4 heteroatoms. The number of unbranched alkanes of at least 4 members (excludes halogenated alkanes) is 7. The number of aliphatic carboxylic acids is 2. The van der Waals surface area contributed by atoms with Gasteiger partial charge in [-0.2, -0.15) is 0 Å². The van der Waals surface area contributed by atoms with Gasteiger partial charge in [0.25, 0.3) is 0 Å². The fourth-order valence-corrected chi connectivity index (χ4v) is 2.63. The van der Waals surface area contributed by atoms with Crippen LogP contribution < -0.4 is 0 Å². The molecule has 0 aromatic rings. The Morgan fingerprint density at radius 3 is 1.60 bits per heavy atom. The Bertz CT molecular complexity index is 283. The van der Waals surface area contributed by atoms with Gasteiger partial charge in [-0.1, -0.05) is 72.1 Å². The van der Waals surface area contributed by atoms with E-state index in [9.17, 15) is 19.8 Å². The minimum absolute atomic E-state index is 0.226. The van der Waals surface area contributed by atoms with E-state index < -0.39 is 23.3 Å². The summed E-state index contributed by atoms with van der Waals surface area (Å²) in [6, 6.07) is 0. The molecule has 2 N–H and O–H groups in total. The standard InChI is InChI=1S/C16H30O4/c1-4-5-6-7-8-9-10-11-12-16(13(2)3,14(17)18)15(19)20/h13H,4-12H2,1-3H3,(H,17,18)(H,19,20). The Balaban J connectivity index is 4.11. The van der Waals surface area contributed by atoms with E-state index in [0.29, 0.717) is 6.42 Å². The van der Waals surface area contributed by atoms with Crippen molar-refractivity contribution in [2.45, 2.75) is 78.6 Å². The first-order valence-corrected chi connectivity index (χ1v) is 7.86. The molecule has 0 aliphatic rings. The molecule has 0 amide bonds. The van der Waals surface area contributed by atoms with E-state index in [-0.39, 0.29) is 6.42 Å². The monoisotopic (exact) mass is 286 g/mol. The van der Waals surface area contributed by atoms with Crippen molar-refractivity contribution in [1.82, 2.24) is 0 Å². The summed E-state index contributed by atoms with van der Waals surface area (Å²) in [6.07, 6.45) is 9.03. The highest BCUT2D eigenvalue weighted by Crippen LogP contribution is 2.34. The maximum absolute atomic E-state index is 11.4. The molecule has 0 radical (unpaired) electrons. The fourth-order valence-electron chi connectivity index (χ4n) is 2.63. The number of carboxylic acids is 2. The van der Waals surface area contributed by atoms with Crippen LogP contribution in [0, 0.1) is 11.3 Å². The first-order chi connectivity index (χ1) is 9.39. The van der Waals surface area contributed by atoms with Crippen molar-refractivity contribution in [2.24, 2.45) is 11.3 Å². The molecule has 0 saturated carbocycles. The van der Waals surface area contributed by atoms with Crippen molar-refractivity contribution >= 4 is 11.9 Å². The Morgan fingerprint density at radius 2 is 1.25 bits per heavy atom. The van der Waals surface area contributed by atoms with Gasteiger partial charge in [-0.25, -0.2) is 0 Å². The van der Waals surface area contributed by atoms with Gasteiger partial charge < -0.3 is 10.2 Å². The van der Waals surface area contributed by atoms with E-state index in [1.807, 2.05) is 0 Å². The van der Waals surface area contributed by atoms with Crippen molar-refractivity contribution in [2.75, 3.05) is 0 Å². The number of hydrogen-bond acceptors (Lipinski definition) is 2. The molecule has 0 unspecified atom stereocenters. The zero-order valence-corrected chi connectivity index (χ0v) is 13.2. The first kappa shape index (κ1) is 18.9. The van der Waals surface area contributed by atoms with Crippen molar-refractivity contribution in [3.05, 3.63) is 0 Å². The van der Waals surface area contributed by atoms with Gasteiger partial charge in [0.15, 0.2) is 5.41 Å².